The van der Waals surface area contributed by atoms with Crippen LogP contribution in [0.2, 0.25) is 0 Å². The molecule has 33 heavy (non-hydrogen) atoms. The van der Waals surface area contributed by atoms with Crippen molar-refractivity contribution in [3.8, 4) is 5.88 Å². The highest BCUT2D eigenvalue weighted by Crippen LogP contribution is 2.28. The summed E-state index contributed by atoms with van der Waals surface area (Å²) in [7, 11) is 1.63. The van der Waals surface area contributed by atoms with Crippen LogP contribution >= 0.6 is 0 Å². The first-order valence-corrected chi connectivity index (χ1v) is 10.5. The molecule has 0 radical (unpaired) electrons. The van der Waals surface area contributed by atoms with Gasteiger partial charge in [-0.2, -0.15) is 0 Å². The number of aromatic nitrogens is 3. The average Bonchev–Trinajstić information content (AvgIpc) is 3.20. The zero-order chi connectivity index (χ0) is 22.9. The number of carbonyl (C=O) groups is 1. The molecule has 1 atom stereocenters. The molecule has 3 aromatic rings. The first-order chi connectivity index (χ1) is 16.0. The van der Waals surface area contributed by atoms with Crippen LogP contribution in [-0.4, -0.2) is 59.2 Å². The number of hydrogen-bond acceptors (Lipinski definition) is 8. The number of ether oxygens (including phenoxy) is 2. The van der Waals surface area contributed by atoms with E-state index in [2.05, 4.69) is 20.3 Å². The van der Waals surface area contributed by atoms with Crippen LogP contribution in [0.4, 0.5) is 20.8 Å². The van der Waals surface area contributed by atoms with Crippen LogP contribution in [0.5, 0.6) is 5.88 Å². The van der Waals surface area contributed by atoms with E-state index in [0.717, 1.165) is 5.39 Å². The van der Waals surface area contributed by atoms with Gasteiger partial charge in [-0.05, 0) is 36.6 Å². The molecule has 1 saturated heterocycles. The van der Waals surface area contributed by atoms with Crippen LogP contribution < -0.4 is 20.5 Å². The van der Waals surface area contributed by atoms with Crippen LogP contribution in [0.3, 0.4) is 0 Å². The topological polar surface area (TPSA) is 111 Å². The van der Waals surface area contributed by atoms with Gasteiger partial charge in [0, 0.05) is 31.4 Å². The summed E-state index contributed by atoms with van der Waals surface area (Å²) in [5, 5.41) is 4.01. The van der Waals surface area contributed by atoms with Crippen molar-refractivity contribution < 1.29 is 18.7 Å². The molecular weight excluding hydrogens is 431 g/mol. The molecule has 0 spiro atoms. The Balaban J connectivity index is 1.21. The molecule has 1 N–H and O–H groups in total. The molecule has 0 unspecified atom stereocenters. The largest absolute Gasteiger partial charge is 0.469 e. The molecule has 0 bridgehead atoms. The predicted octanol–water partition coefficient (Wildman–Crippen LogP) is 1.72. The van der Waals surface area contributed by atoms with E-state index in [0.29, 0.717) is 61.3 Å². The van der Waals surface area contributed by atoms with Gasteiger partial charge in [0.25, 0.3) is 11.4 Å². The van der Waals surface area contributed by atoms with Crippen molar-refractivity contribution in [2.45, 2.75) is 12.5 Å². The highest BCUT2D eigenvalue weighted by molar-refractivity contribution is 5.88. The summed E-state index contributed by atoms with van der Waals surface area (Å²) in [4.78, 5) is 38.3. The molecule has 2 aliphatic rings. The lowest BCUT2D eigenvalue weighted by molar-refractivity contribution is 0.140. The molecule has 10 nitrogen and oxygen atoms in total. The Hall–Kier alpha value is -3.86. The predicted molar refractivity (Wildman–Crippen MR) is 119 cm³/mol. The minimum Gasteiger partial charge on any atom is -0.469 e. The molecule has 2 aromatic heterocycles. The second kappa shape index (κ2) is 8.58. The van der Waals surface area contributed by atoms with Gasteiger partial charge in [0.2, 0.25) is 5.82 Å². The highest BCUT2D eigenvalue weighted by Gasteiger charge is 2.33. The number of carbonyl (C=O) groups excluding carboxylic acids is 1. The summed E-state index contributed by atoms with van der Waals surface area (Å²) in [6.07, 6.45) is 2.47. The maximum absolute atomic E-state index is 14.5. The number of pyridine rings is 1. The molecule has 2 aliphatic heterocycles. The molecule has 0 aliphatic carbocycles. The van der Waals surface area contributed by atoms with E-state index >= 15 is 0 Å². The molecule has 4 heterocycles. The number of aliphatic imine (C=N–C) groups is 1. The van der Waals surface area contributed by atoms with Crippen LogP contribution in [0, 0.1) is 5.82 Å². The first-order valence-electron chi connectivity index (χ1n) is 10.5. The summed E-state index contributed by atoms with van der Waals surface area (Å²) in [5.41, 5.74) is 0.862. The maximum Gasteiger partial charge on any atom is 0.416 e. The van der Waals surface area contributed by atoms with E-state index in [9.17, 15) is 14.0 Å². The minimum absolute atomic E-state index is 0.192. The van der Waals surface area contributed by atoms with Crippen molar-refractivity contribution in [3.05, 3.63) is 52.2 Å². The molecule has 1 aromatic carbocycles. The fourth-order valence-electron chi connectivity index (χ4n) is 3.99. The van der Waals surface area contributed by atoms with Gasteiger partial charge in [-0.1, -0.05) is 0 Å². The number of anilines is 1. The van der Waals surface area contributed by atoms with Gasteiger partial charge in [-0.15, -0.1) is 0 Å². The van der Waals surface area contributed by atoms with Gasteiger partial charge >= 0.3 is 6.09 Å². The number of nitrogens with zero attached hydrogens (tertiary/aromatic N) is 5. The van der Waals surface area contributed by atoms with Crippen molar-refractivity contribution >= 4 is 34.8 Å². The van der Waals surface area contributed by atoms with Crippen LogP contribution in [0.15, 0.2) is 40.2 Å². The smallest absolute Gasteiger partial charge is 0.416 e. The highest BCUT2D eigenvalue weighted by atomic mass is 19.1. The number of nitrogens with one attached hydrogen (secondary N) is 1. The van der Waals surface area contributed by atoms with Gasteiger partial charge in [0.15, 0.2) is 5.82 Å². The minimum atomic E-state index is -0.521. The van der Waals surface area contributed by atoms with Gasteiger partial charge in [0.05, 0.1) is 18.3 Å². The molecule has 11 heteroatoms. The molecule has 1 amide bonds. The number of amides is 1. The van der Waals surface area contributed by atoms with Crippen molar-refractivity contribution in [3.63, 3.8) is 0 Å². The van der Waals surface area contributed by atoms with Crippen molar-refractivity contribution in [1.29, 1.82) is 0 Å². The number of fused-ring (bicyclic) bond motifs is 2. The second-order valence-corrected chi connectivity index (χ2v) is 7.74. The van der Waals surface area contributed by atoms with E-state index in [1.54, 1.807) is 25.4 Å². The van der Waals surface area contributed by atoms with E-state index < -0.39 is 12.2 Å². The standard InChI is InChI=1S/C22H21FN6O4/c1-28-18(30)5-3-13-2-4-16(23)15(19(13)28)6-7-24-10-14-12-29(22(31)33-14)17-11-26-21-20(27-17)25-8-9-32-21/h2-5,8,11,14,24H,6-7,9-10,12H2,1H3/t14-/m0/s1. The third-order valence-corrected chi connectivity index (χ3v) is 5.62. The molecular formula is C22H21FN6O4. The number of halogens is 1. The van der Waals surface area contributed by atoms with Gasteiger partial charge in [0.1, 0.15) is 18.5 Å². The molecule has 5 rings (SSSR count). The van der Waals surface area contributed by atoms with Gasteiger partial charge in [-0.25, -0.2) is 24.1 Å². The van der Waals surface area contributed by atoms with Crippen LogP contribution in [-0.2, 0) is 18.2 Å². The lowest BCUT2D eigenvalue weighted by Gasteiger charge is -2.15. The monoisotopic (exact) mass is 452 g/mol. The van der Waals surface area contributed by atoms with Gasteiger partial charge < -0.3 is 19.4 Å². The number of benzene rings is 1. The molecule has 170 valence electrons. The van der Waals surface area contributed by atoms with Crippen molar-refractivity contribution in [1.82, 2.24) is 19.9 Å². The number of aryl methyl sites for hydroxylation is 1. The molecule has 1 fully saturated rings. The zero-order valence-corrected chi connectivity index (χ0v) is 17.8. The number of cyclic esters (lactones) is 1. The fourth-order valence-corrected chi connectivity index (χ4v) is 3.99. The first kappa shape index (κ1) is 21.0. The second-order valence-electron chi connectivity index (χ2n) is 7.74. The average molecular weight is 452 g/mol. The SMILES string of the molecule is Cn1c(=O)ccc2ccc(F)c(CCNC[C@H]3CN(c4cnc5c(n4)N=CCO5)C(=O)O3)c21. The Morgan fingerprint density at radius 2 is 2.09 bits per heavy atom. The summed E-state index contributed by atoms with van der Waals surface area (Å²) in [5.74, 6) is 0.620. The Labute approximate surface area is 187 Å². The van der Waals surface area contributed by atoms with E-state index in [4.69, 9.17) is 9.47 Å². The Morgan fingerprint density at radius 1 is 1.24 bits per heavy atom. The third kappa shape index (κ3) is 4.02. The molecule has 0 saturated carbocycles. The lowest BCUT2D eigenvalue weighted by atomic mass is 10.1. The maximum atomic E-state index is 14.5. The summed E-state index contributed by atoms with van der Waals surface area (Å²) in [6, 6.07) is 6.23. The quantitative estimate of drug-likeness (QED) is 0.567. The van der Waals surface area contributed by atoms with E-state index in [-0.39, 0.29) is 11.4 Å². The van der Waals surface area contributed by atoms with Crippen LogP contribution in [0.25, 0.3) is 10.9 Å². The van der Waals surface area contributed by atoms with E-state index in [1.165, 1.54) is 27.8 Å². The zero-order valence-electron chi connectivity index (χ0n) is 17.8. The summed E-state index contributed by atoms with van der Waals surface area (Å²) >= 11 is 0. The van der Waals surface area contributed by atoms with Crippen molar-refractivity contribution in [2.24, 2.45) is 12.0 Å². The Bertz CT molecular complexity index is 1320. The lowest BCUT2D eigenvalue weighted by Crippen LogP contribution is -2.32. The fraction of sp³-hybridized carbons (Fsp3) is 0.318. The number of hydrogen-bond donors (Lipinski definition) is 1. The Morgan fingerprint density at radius 3 is 2.97 bits per heavy atom. The number of rotatable bonds is 6. The third-order valence-electron chi connectivity index (χ3n) is 5.62. The summed E-state index contributed by atoms with van der Waals surface area (Å²) in [6.45, 7) is 1.45. The van der Waals surface area contributed by atoms with Gasteiger partial charge in [-0.3, -0.25) is 9.69 Å². The van der Waals surface area contributed by atoms with Crippen molar-refractivity contribution in [2.75, 3.05) is 31.1 Å². The summed E-state index contributed by atoms with van der Waals surface area (Å²) < 4.78 is 26.7. The van der Waals surface area contributed by atoms with E-state index in [1.807, 2.05) is 0 Å². The normalized spacial score (nSPS) is 17.2. The van der Waals surface area contributed by atoms with Crippen LogP contribution in [0.1, 0.15) is 5.56 Å². The Kier molecular flexibility index (Phi) is 5.47.